The Hall–Kier alpha value is -1.42. The van der Waals surface area contributed by atoms with Crippen molar-refractivity contribution in [2.45, 2.75) is 31.8 Å². The third kappa shape index (κ3) is 3.53. The van der Waals surface area contributed by atoms with Crippen molar-refractivity contribution in [1.29, 1.82) is 0 Å². The molecule has 0 unspecified atom stereocenters. The average Bonchev–Trinajstić information content (AvgIpc) is 2.35. The van der Waals surface area contributed by atoms with E-state index in [4.69, 9.17) is 0 Å². The lowest BCUT2D eigenvalue weighted by Gasteiger charge is -2.34. The van der Waals surface area contributed by atoms with Crippen LogP contribution in [0.25, 0.3) is 0 Å². The summed E-state index contributed by atoms with van der Waals surface area (Å²) in [5.41, 5.74) is 1.10. The highest BCUT2D eigenvalue weighted by atomic mass is 16.3. The number of carbonyl (C=O) groups is 1. The predicted molar refractivity (Wildman–Crippen MR) is 68.9 cm³/mol. The van der Waals surface area contributed by atoms with Gasteiger partial charge in [-0.2, -0.15) is 0 Å². The molecule has 0 aliphatic heterocycles. The van der Waals surface area contributed by atoms with Gasteiger partial charge in [-0.05, 0) is 36.8 Å². The van der Waals surface area contributed by atoms with Crippen molar-refractivity contribution in [3.8, 4) is 0 Å². The molecule has 0 saturated heterocycles. The maximum Gasteiger partial charge on any atom is 0.222 e. The van der Waals surface area contributed by atoms with E-state index < -0.39 is 0 Å². The lowest BCUT2D eigenvalue weighted by Crippen LogP contribution is -2.39. The molecule has 0 spiro atoms. The molecule has 2 rings (SSSR count). The normalized spacial score (nSPS) is 22.3. The van der Waals surface area contributed by atoms with Gasteiger partial charge in [0.1, 0.15) is 0 Å². The van der Waals surface area contributed by atoms with E-state index in [0.29, 0.717) is 12.3 Å². The molecular formula is C14H20N2O2. The average molecular weight is 248 g/mol. The van der Waals surface area contributed by atoms with Gasteiger partial charge in [0.05, 0.1) is 6.10 Å². The summed E-state index contributed by atoms with van der Waals surface area (Å²) in [6, 6.07) is 3.88. The van der Waals surface area contributed by atoms with Crippen LogP contribution in [0, 0.1) is 5.92 Å². The van der Waals surface area contributed by atoms with Gasteiger partial charge < -0.3 is 10.0 Å². The second-order valence-corrected chi connectivity index (χ2v) is 5.13. The highest BCUT2D eigenvalue weighted by Gasteiger charge is 2.28. The van der Waals surface area contributed by atoms with Gasteiger partial charge in [0.25, 0.3) is 0 Å². The van der Waals surface area contributed by atoms with Crippen LogP contribution in [0.4, 0.5) is 0 Å². The second kappa shape index (κ2) is 5.96. The monoisotopic (exact) mass is 248 g/mol. The van der Waals surface area contributed by atoms with Crippen LogP contribution in [0.5, 0.6) is 0 Å². The molecule has 1 aliphatic carbocycles. The van der Waals surface area contributed by atoms with E-state index >= 15 is 0 Å². The lowest BCUT2D eigenvalue weighted by molar-refractivity contribution is -0.131. The smallest absolute Gasteiger partial charge is 0.222 e. The van der Waals surface area contributed by atoms with Gasteiger partial charge in [0.2, 0.25) is 5.91 Å². The van der Waals surface area contributed by atoms with E-state index in [9.17, 15) is 9.90 Å². The van der Waals surface area contributed by atoms with Crippen LogP contribution in [0.3, 0.4) is 0 Å². The Morgan fingerprint density at radius 2 is 2.33 bits per heavy atom. The first-order chi connectivity index (χ1) is 8.65. The number of hydrogen-bond donors (Lipinski definition) is 1. The quantitative estimate of drug-likeness (QED) is 0.853. The molecule has 1 aliphatic rings. The number of aliphatic hydroxyl groups is 1. The summed E-state index contributed by atoms with van der Waals surface area (Å²) in [4.78, 5) is 17.7. The van der Waals surface area contributed by atoms with E-state index in [1.54, 1.807) is 17.3 Å². The number of amides is 1. The minimum atomic E-state index is -0.145. The summed E-state index contributed by atoms with van der Waals surface area (Å²) >= 11 is 0. The van der Waals surface area contributed by atoms with Crippen LogP contribution < -0.4 is 0 Å². The Morgan fingerprint density at radius 3 is 2.94 bits per heavy atom. The molecule has 1 fully saturated rings. The summed E-state index contributed by atoms with van der Waals surface area (Å²) in [5, 5.41) is 9.21. The van der Waals surface area contributed by atoms with Crippen LogP contribution in [0.15, 0.2) is 24.5 Å². The lowest BCUT2D eigenvalue weighted by atomic mass is 9.82. The zero-order valence-corrected chi connectivity index (χ0v) is 10.7. The standard InChI is InChI=1S/C14H20N2O2/c1-16(10-12-7-13(17)8-12)14(18)5-4-11-3-2-6-15-9-11/h2-3,6,9,12-13,17H,4-5,7-8,10H2,1H3. The van der Waals surface area contributed by atoms with Gasteiger partial charge in [0.15, 0.2) is 0 Å². The number of nitrogens with zero attached hydrogens (tertiary/aromatic N) is 2. The Bertz CT molecular complexity index is 388. The fourth-order valence-electron chi connectivity index (χ4n) is 2.33. The van der Waals surface area contributed by atoms with E-state index in [-0.39, 0.29) is 12.0 Å². The predicted octanol–water partition coefficient (Wildman–Crippen LogP) is 1.24. The number of aromatic nitrogens is 1. The number of hydrogen-bond acceptors (Lipinski definition) is 3. The van der Waals surface area contributed by atoms with Crippen molar-refractivity contribution in [2.75, 3.05) is 13.6 Å². The maximum absolute atomic E-state index is 11.9. The van der Waals surface area contributed by atoms with Crippen molar-refractivity contribution in [3.05, 3.63) is 30.1 Å². The zero-order chi connectivity index (χ0) is 13.0. The number of aryl methyl sites for hydroxylation is 1. The topological polar surface area (TPSA) is 53.4 Å². The van der Waals surface area contributed by atoms with Crippen LogP contribution >= 0.6 is 0 Å². The summed E-state index contributed by atoms with van der Waals surface area (Å²) in [7, 11) is 1.84. The fourth-order valence-corrected chi connectivity index (χ4v) is 2.33. The van der Waals surface area contributed by atoms with Gasteiger partial charge in [-0.1, -0.05) is 6.07 Å². The first-order valence-corrected chi connectivity index (χ1v) is 6.46. The van der Waals surface area contributed by atoms with Gasteiger partial charge in [-0.25, -0.2) is 0 Å². The molecule has 18 heavy (non-hydrogen) atoms. The summed E-state index contributed by atoms with van der Waals surface area (Å²) in [6.45, 7) is 0.767. The molecule has 1 amide bonds. The van der Waals surface area contributed by atoms with Crippen LogP contribution in [-0.4, -0.2) is 40.6 Å². The van der Waals surface area contributed by atoms with Gasteiger partial charge in [0, 0.05) is 32.4 Å². The Morgan fingerprint density at radius 1 is 1.56 bits per heavy atom. The van der Waals surface area contributed by atoms with Crippen molar-refractivity contribution >= 4 is 5.91 Å². The molecule has 0 radical (unpaired) electrons. The molecule has 1 aromatic rings. The molecule has 4 heteroatoms. The Kier molecular flexibility index (Phi) is 4.31. The van der Waals surface area contributed by atoms with E-state index in [1.165, 1.54) is 0 Å². The van der Waals surface area contributed by atoms with Crippen molar-refractivity contribution < 1.29 is 9.90 Å². The summed E-state index contributed by atoms with van der Waals surface area (Å²) in [5.74, 6) is 0.646. The van der Waals surface area contributed by atoms with Crippen LogP contribution in [0.1, 0.15) is 24.8 Å². The van der Waals surface area contributed by atoms with E-state index in [1.807, 2.05) is 19.2 Å². The van der Waals surface area contributed by atoms with Gasteiger partial charge in [-0.15, -0.1) is 0 Å². The molecule has 0 bridgehead atoms. The minimum Gasteiger partial charge on any atom is -0.393 e. The molecule has 1 aromatic heterocycles. The molecule has 4 nitrogen and oxygen atoms in total. The first-order valence-electron chi connectivity index (χ1n) is 6.46. The van der Waals surface area contributed by atoms with Gasteiger partial charge >= 0.3 is 0 Å². The zero-order valence-electron chi connectivity index (χ0n) is 10.7. The number of aliphatic hydroxyl groups excluding tert-OH is 1. The second-order valence-electron chi connectivity index (χ2n) is 5.13. The number of carbonyl (C=O) groups excluding carboxylic acids is 1. The molecule has 1 saturated carbocycles. The molecule has 1 heterocycles. The fraction of sp³-hybridized carbons (Fsp3) is 0.571. The SMILES string of the molecule is CN(CC1CC(O)C1)C(=O)CCc1cccnc1. The third-order valence-electron chi connectivity index (χ3n) is 3.52. The Labute approximate surface area is 108 Å². The third-order valence-corrected chi connectivity index (χ3v) is 3.52. The van der Waals surface area contributed by atoms with Crippen LogP contribution in [0.2, 0.25) is 0 Å². The van der Waals surface area contributed by atoms with Gasteiger partial charge in [-0.3, -0.25) is 9.78 Å². The first kappa shape index (κ1) is 13.0. The highest BCUT2D eigenvalue weighted by Crippen LogP contribution is 2.27. The van der Waals surface area contributed by atoms with Crippen molar-refractivity contribution in [1.82, 2.24) is 9.88 Å². The van der Waals surface area contributed by atoms with E-state index in [2.05, 4.69) is 4.98 Å². The van der Waals surface area contributed by atoms with Crippen LogP contribution in [-0.2, 0) is 11.2 Å². The molecule has 0 atom stereocenters. The maximum atomic E-state index is 11.9. The summed E-state index contributed by atoms with van der Waals surface area (Å²) < 4.78 is 0. The Balaban J connectivity index is 1.71. The number of rotatable bonds is 5. The van der Waals surface area contributed by atoms with Crippen molar-refractivity contribution in [3.63, 3.8) is 0 Å². The molecule has 98 valence electrons. The largest absolute Gasteiger partial charge is 0.393 e. The van der Waals surface area contributed by atoms with E-state index in [0.717, 1.165) is 31.4 Å². The molecule has 0 aromatic carbocycles. The summed E-state index contributed by atoms with van der Waals surface area (Å²) in [6.07, 6.45) is 6.32. The van der Waals surface area contributed by atoms with Crippen molar-refractivity contribution in [2.24, 2.45) is 5.92 Å². The molecule has 1 N–H and O–H groups in total. The highest BCUT2D eigenvalue weighted by molar-refractivity contribution is 5.76. The minimum absolute atomic E-state index is 0.145. The molecular weight excluding hydrogens is 228 g/mol. The number of pyridine rings is 1.